The molecule has 2 aromatic heterocycles. The minimum Gasteiger partial charge on any atom is -0.495 e. The minimum atomic E-state index is -0.678. The fourth-order valence-electron chi connectivity index (χ4n) is 4.54. The van der Waals surface area contributed by atoms with Crippen LogP contribution in [0.3, 0.4) is 0 Å². The lowest BCUT2D eigenvalue weighted by Gasteiger charge is -2.49. The molecule has 3 N–H and O–H groups in total. The monoisotopic (exact) mass is 443 g/mol. The molecule has 0 radical (unpaired) electrons. The predicted molar refractivity (Wildman–Crippen MR) is 128 cm³/mol. The van der Waals surface area contributed by atoms with Crippen LogP contribution in [0, 0.1) is 0 Å². The highest BCUT2D eigenvalue weighted by atomic mass is 32.1. The highest BCUT2D eigenvalue weighted by Gasteiger charge is 2.49. The van der Waals surface area contributed by atoms with Crippen LogP contribution >= 0.6 is 11.3 Å². The van der Waals surface area contributed by atoms with Gasteiger partial charge in [-0.25, -0.2) is 4.98 Å². The fraction of sp³-hybridized carbons (Fsp3) is 0.231. The number of nitrogens with zero attached hydrogens (tertiary/aromatic N) is 2. The summed E-state index contributed by atoms with van der Waals surface area (Å²) in [6.07, 6.45) is 4.63. The first-order valence-electron chi connectivity index (χ1n) is 10.5. The molecule has 0 amide bonds. The molecule has 0 bridgehead atoms. The van der Waals surface area contributed by atoms with Gasteiger partial charge in [0.1, 0.15) is 10.8 Å². The van der Waals surface area contributed by atoms with Crippen molar-refractivity contribution in [2.75, 3.05) is 7.11 Å². The number of hydrogen-bond acceptors (Lipinski definition) is 6. The highest BCUT2D eigenvalue weighted by Crippen LogP contribution is 2.47. The molecule has 1 fully saturated rings. The van der Waals surface area contributed by atoms with Crippen molar-refractivity contribution in [1.29, 1.82) is 0 Å². The van der Waals surface area contributed by atoms with Crippen LogP contribution in [-0.4, -0.2) is 27.8 Å². The van der Waals surface area contributed by atoms with Crippen LogP contribution in [-0.2, 0) is 5.54 Å². The van der Waals surface area contributed by atoms with E-state index in [1.54, 1.807) is 24.6 Å². The summed E-state index contributed by atoms with van der Waals surface area (Å²) in [5.41, 5.74) is 10.4. The topological polar surface area (TPSA) is 81.3 Å². The zero-order valence-electron chi connectivity index (χ0n) is 18.1. The third-order valence-corrected chi connectivity index (χ3v) is 7.14. The molecule has 0 spiro atoms. The summed E-state index contributed by atoms with van der Waals surface area (Å²) in [5.74, 6) is 0.703. The molecule has 0 saturated heterocycles. The molecular weight excluding hydrogens is 418 g/mol. The van der Waals surface area contributed by atoms with Crippen molar-refractivity contribution in [3.05, 3.63) is 78.6 Å². The number of thiazole rings is 1. The van der Waals surface area contributed by atoms with Crippen LogP contribution in [0.15, 0.2) is 73.1 Å². The third-order valence-electron chi connectivity index (χ3n) is 5.98. The van der Waals surface area contributed by atoms with E-state index in [9.17, 15) is 5.11 Å². The Morgan fingerprint density at radius 1 is 0.969 bits per heavy atom. The van der Waals surface area contributed by atoms with E-state index < -0.39 is 11.1 Å². The first kappa shape index (κ1) is 20.8. The number of ether oxygens (including phenoxy) is 1. The van der Waals surface area contributed by atoms with E-state index in [0.29, 0.717) is 18.6 Å². The Bertz CT molecular complexity index is 1240. The summed E-state index contributed by atoms with van der Waals surface area (Å²) in [6, 6.07) is 20.5. The Kier molecular flexibility index (Phi) is 5.08. The molecule has 0 unspecified atom stereocenters. The standard InChI is InChI=1S/C26H25N3O2S/c1-25(30)15-26(27,16-25)20-10-8-17(9-11-20)22-23(18-6-4-3-5-7-18)32-24(29-22)19-12-21(31-2)14-28-13-19/h3-14,30H,15-16,27H2,1-2H3/t25-,26+. The quantitative estimate of drug-likeness (QED) is 0.440. The van der Waals surface area contributed by atoms with Crippen LogP contribution in [0.2, 0.25) is 0 Å². The van der Waals surface area contributed by atoms with Gasteiger partial charge in [-0.2, -0.15) is 0 Å². The first-order chi connectivity index (χ1) is 15.4. The van der Waals surface area contributed by atoms with Crippen molar-refractivity contribution < 1.29 is 9.84 Å². The van der Waals surface area contributed by atoms with Crippen LogP contribution in [0.25, 0.3) is 32.3 Å². The number of aromatic nitrogens is 2. The van der Waals surface area contributed by atoms with E-state index in [4.69, 9.17) is 15.5 Å². The first-order valence-corrected chi connectivity index (χ1v) is 11.4. The van der Waals surface area contributed by atoms with Crippen LogP contribution < -0.4 is 10.5 Å². The smallest absolute Gasteiger partial charge is 0.137 e. The van der Waals surface area contributed by atoms with Crippen LogP contribution in [0.5, 0.6) is 5.75 Å². The summed E-state index contributed by atoms with van der Waals surface area (Å²) in [5, 5.41) is 11.0. The number of benzene rings is 2. The highest BCUT2D eigenvalue weighted by molar-refractivity contribution is 7.19. The lowest BCUT2D eigenvalue weighted by molar-refractivity contribution is -0.0738. The van der Waals surface area contributed by atoms with Gasteiger partial charge in [-0.05, 0) is 37.0 Å². The molecule has 5 nitrogen and oxygen atoms in total. The number of methoxy groups -OCH3 is 1. The van der Waals surface area contributed by atoms with Gasteiger partial charge in [-0.3, -0.25) is 4.98 Å². The molecule has 0 atom stereocenters. The summed E-state index contributed by atoms with van der Waals surface area (Å²) >= 11 is 1.64. The van der Waals surface area contributed by atoms with Gasteiger partial charge in [0.25, 0.3) is 0 Å². The Morgan fingerprint density at radius 2 is 1.69 bits per heavy atom. The molecule has 4 aromatic rings. The van der Waals surface area contributed by atoms with Gasteiger partial charge in [0.15, 0.2) is 0 Å². The van der Waals surface area contributed by atoms with Gasteiger partial charge in [-0.15, -0.1) is 11.3 Å². The SMILES string of the molecule is COc1cncc(-c2nc(-c3ccc([C@]4(N)C[C@@](C)(O)C4)cc3)c(-c3ccccc3)s2)c1. The Balaban J connectivity index is 1.56. The maximum atomic E-state index is 10.2. The van der Waals surface area contributed by atoms with Crippen molar-refractivity contribution in [2.45, 2.75) is 30.9 Å². The molecule has 1 aliphatic carbocycles. The van der Waals surface area contributed by atoms with Gasteiger partial charge in [0.2, 0.25) is 0 Å². The Morgan fingerprint density at radius 3 is 2.34 bits per heavy atom. The van der Waals surface area contributed by atoms with Crippen LogP contribution in [0.1, 0.15) is 25.3 Å². The second kappa shape index (κ2) is 7.81. The Labute approximate surface area is 191 Å². The van der Waals surface area contributed by atoms with Crippen molar-refractivity contribution in [3.8, 4) is 38.0 Å². The fourth-order valence-corrected chi connectivity index (χ4v) is 5.62. The number of nitrogens with two attached hydrogens (primary N) is 1. The summed E-state index contributed by atoms with van der Waals surface area (Å²) in [6.45, 7) is 1.84. The predicted octanol–water partition coefficient (Wildman–Crippen LogP) is 5.25. The zero-order valence-corrected chi connectivity index (χ0v) is 18.9. The Hall–Kier alpha value is -3.06. The molecule has 1 saturated carbocycles. The van der Waals surface area contributed by atoms with E-state index in [2.05, 4.69) is 41.4 Å². The van der Waals surface area contributed by atoms with Crippen molar-refractivity contribution in [3.63, 3.8) is 0 Å². The number of rotatable bonds is 5. The molecule has 1 aliphatic rings. The molecule has 162 valence electrons. The molecule has 32 heavy (non-hydrogen) atoms. The normalized spacial score (nSPS) is 22.4. The molecule has 6 heteroatoms. The second-order valence-electron chi connectivity index (χ2n) is 8.76. The average Bonchev–Trinajstić information content (AvgIpc) is 3.24. The molecule has 2 heterocycles. The third kappa shape index (κ3) is 3.81. The van der Waals surface area contributed by atoms with Crippen molar-refractivity contribution in [1.82, 2.24) is 9.97 Å². The summed E-state index contributed by atoms with van der Waals surface area (Å²) in [7, 11) is 1.64. The van der Waals surface area contributed by atoms with Gasteiger partial charge >= 0.3 is 0 Å². The van der Waals surface area contributed by atoms with E-state index in [-0.39, 0.29) is 0 Å². The maximum Gasteiger partial charge on any atom is 0.137 e. The van der Waals surface area contributed by atoms with Gasteiger partial charge in [-0.1, -0.05) is 54.6 Å². The van der Waals surface area contributed by atoms with Gasteiger partial charge < -0.3 is 15.6 Å². The molecule has 2 aromatic carbocycles. The minimum absolute atomic E-state index is 0.468. The van der Waals surface area contributed by atoms with Crippen molar-refractivity contribution >= 4 is 11.3 Å². The maximum absolute atomic E-state index is 10.2. The largest absolute Gasteiger partial charge is 0.495 e. The van der Waals surface area contributed by atoms with E-state index in [1.165, 1.54) is 0 Å². The zero-order chi connectivity index (χ0) is 22.3. The van der Waals surface area contributed by atoms with Gasteiger partial charge in [0, 0.05) is 22.9 Å². The lowest BCUT2D eigenvalue weighted by atomic mass is 9.63. The molecule has 0 aliphatic heterocycles. The second-order valence-corrected chi connectivity index (χ2v) is 9.76. The number of hydrogen-bond donors (Lipinski definition) is 2. The molecular formula is C26H25N3O2S. The van der Waals surface area contributed by atoms with Gasteiger partial charge in [0.05, 0.1) is 29.5 Å². The van der Waals surface area contributed by atoms with E-state index in [1.807, 2.05) is 37.4 Å². The summed E-state index contributed by atoms with van der Waals surface area (Å²) in [4.78, 5) is 10.4. The average molecular weight is 444 g/mol. The van der Waals surface area contributed by atoms with Crippen molar-refractivity contribution in [2.24, 2.45) is 5.73 Å². The van der Waals surface area contributed by atoms with E-state index >= 15 is 0 Å². The summed E-state index contributed by atoms with van der Waals surface area (Å²) < 4.78 is 5.34. The number of aliphatic hydroxyl groups is 1. The van der Waals surface area contributed by atoms with E-state index in [0.717, 1.165) is 37.8 Å². The molecule has 5 rings (SSSR count). The lowest BCUT2D eigenvalue weighted by Crippen LogP contribution is -2.58. The number of pyridine rings is 1. The van der Waals surface area contributed by atoms with Crippen LogP contribution in [0.4, 0.5) is 0 Å².